The largest absolute Gasteiger partial charge is 0.490 e. The highest BCUT2D eigenvalue weighted by atomic mass is 32.2. The van der Waals surface area contributed by atoms with Gasteiger partial charge in [0.2, 0.25) is 0 Å². The summed E-state index contributed by atoms with van der Waals surface area (Å²) in [6.07, 6.45) is 0.106. The van der Waals surface area contributed by atoms with Crippen LogP contribution in [0.5, 0.6) is 23.0 Å². The zero-order valence-electron chi connectivity index (χ0n) is 31.5. The van der Waals surface area contributed by atoms with Crippen LogP contribution in [0.15, 0.2) is 119 Å². The normalized spacial score (nSPS) is 11.6. The summed E-state index contributed by atoms with van der Waals surface area (Å²) in [6.45, 7) is 4.26. The minimum atomic E-state index is -3.64. The number of hydrogen-bond acceptors (Lipinski definition) is 14. The van der Waals surface area contributed by atoms with Gasteiger partial charge in [-0.25, -0.2) is 26.4 Å². The predicted octanol–water partition coefficient (Wildman–Crippen LogP) is 5.19. The van der Waals surface area contributed by atoms with E-state index in [1.807, 2.05) is 13.8 Å². The molecule has 56 heavy (non-hydrogen) atoms. The van der Waals surface area contributed by atoms with Crippen molar-refractivity contribution in [3.63, 3.8) is 0 Å². The number of carbonyl (C=O) groups is 2. The molecule has 0 aliphatic heterocycles. The predicted molar refractivity (Wildman–Crippen MR) is 208 cm³/mol. The SMILES string of the molecule is CCOc1ccccc1OCCN(CCCS(=O)(=O)c1ccccc1)OC(=O)C(=O)ON(CCCS(=O)(=O)c1ccccc1)CCOc1ccccc1OCC. The van der Waals surface area contributed by atoms with E-state index in [0.717, 1.165) is 10.1 Å². The topological polar surface area (TPSA) is 164 Å². The summed E-state index contributed by atoms with van der Waals surface area (Å²) in [7, 11) is -7.28. The third-order valence-corrected chi connectivity index (χ3v) is 11.6. The first-order valence-electron chi connectivity index (χ1n) is 18.2. The second kappa shape index (κ2) is 22.4. The fraction of sp³-hybridized carbons (Fsp3) is 0.350. The zero-order valence-corrected chi connectivity index (χ0v) is 33.1. The molecule has 302 valence electrons. The Balaban J connectivity index is 1.42. The fourth-order valence-corrected chi connectivity index (χ4v) is 7.90. The molecule has 0 unspecified atom stereocenters. The molecular formula is C40H48N2O12S2. The van der Waals surface area contributed by atoms with Crippen molar-refractivity contribution in [3.8, 4) is 23.0 Å². The average molecular weight is 813 g/mol. The maximum absolute atomic E-state index is 13.2. The van der Waals surface area contributed by atoms with Gasteiger partial charge in [-0.2, -0.15) is 0 Å². The van der Waals surface area contributed by atoms with Crippen molar-refractivity contribution in [1.82, 2.24) is 10.1 Å². The maximum atomic E-state index is 13.2. The van der Waals surface area contributed by atoms with E-state index in [4.69, 9.17) is 28.6 Å². The van der Waals surface area contributed by atoms with Gasteiger partial charge in [0.1, 0.15) is 13.2 Å². The van der Waals surface area contributed by atoms with Crippen LogP contribution in [0.4, 0.5) is 0 Å². The van der Waals surface area contributed by atoms with Crippen LogP contribution in [-0.2, 0) is 38.9 Å². The molecule has 4 rings (SSSR count). The van der Waals surface area contributed by atoms with Crippen molar-refractivity contribution >= 4 is 31.6 Å². The minimum Gasteiger partial charge on any atom is -0.490 e. The van der Waals surface area contributed by atoms with Gasteiger partial charge in [0.15, 0.2) is 42.7 Å². The van der Waals surface area contributed by atoms with Crippen molar-refractivity contribution in [2.75, 3.05) is 64.1 Å². The second-order valence-electron chi connectivity index (χ2n) is 12.0. The van der Waals surface area contributed by atoms with E-state index < -0.39 is 31.6 Å². The van der Waals surface area contributed by atoms with Crippen LogP contribution in [0.2, 0.25) is 0 Å². The lowest BCUT2D eigenvalue weighted by atomic mass is 10.3. The summed E-state index contributed by atoms with van der Waals surface area (Å²) in [5, 5.41) is 2.27. The first kappa shape index (κ1) is 43.6. The van der Waals surface area contributed by atoms with E-state index in [1.165, 1.54) is 24.3 Å². The molecule has 16 heteroatoms. The van der Waals surface area contributed by atoms with Gasteiger partial charge in [-0.05, 0) is 75.2 Å². The van der Waals surface area contributed by atoms with Gasteiger partial charge in [-0.1, -0.05) is 60.7 Å². The summed E-state index contributed by atoms with van der Waals surface area (Å²) in [5.41, 5.74) is 0. The van der Waals surface area contributed by atoms with E-state index in [1.54, 1.807) is 84.9 Å². The van der Waals surface area contributed by atoms with Crippen molar-refractivity contribution in [3.05, 3.63) is 109 Å². The lowest BCUT2D eigenvalue weighted by Crippen LogP contribution is -2.39. The molecule has 4 aromatic carbocycles. The lowest BCUT2D eigenvalue weighted by Gasteiger charge is -2.23. The summed E-state index contributed by atoms with van der Waals surface area (Å²) in [5.74, 6) is -1.35. The maximum Gasteiger partial charge on any atom is 0.438 e. The molecule has 0 aliphatic rings. The molecule has 0 N–H and O–H groups in total. The zero-order chi connectivity index (χ0) is 40.2. The van der Waals surface area contributed by atoms with Crippen LogP contribution < -0.4 is 18.9 Å². The molecule has 0 fully saturated rings. The molecule has 0 aromatic heterocycles. The lowest BCUT2D eigenvalue weighted by molar-refractivity contribution is -0.219. The molecule has 0 saturated heterocycles. The Morgan fingerprint density at radius 2 is 0.786 bits per heavy atom. The summed E-state index contributed by atoms with van der Waals surface area (Å²) >= 11 is 0. The molecule has 0 spiro atoms. The Morgan fingerprint density at radius 3 is 1.12 bits per heavy atom. The molecule has 0 aliphatic carbocycles. The Bertz CT molecular complexity index is 1890. The highest BCUT2D eigenvalue weighted by Gasteiger charge is 2.26. The van der Waals surface area contributed by atoms with Gasteiger partial charge in [0, 0.05) is 13.1 Å². The number of carbonyl (C=O) groups excluding carboxylic acids is 2. The Morgan fingerprint density at radius 1 is 0.464 bits per heavy atom. The third-order valence-electron chi connectivity index (χ3n) is 7.93. The Labute approximate surface area is 328 Å². The molecule has 0 radical (unpaired) electrons. The average Bonchev–Trinajstić information content (AvgIpc) is 3.19. The third kappa shape index (κ3) is 14.2. The highest BCUT2D eigenvalue weighted by Crippen LogP contribution is 2.27. The van der Waals surface area contributed by atoms with E-state index in [2.05, 4.69) is 0 Å². The minimum absolute atomic E-state index is 0.0135. The van der Waals surface area contributed by atoms with Gasteiger partial charge < -0.3 is 28.6 Å². The first-order chi connectivity index (χ1) is 27.0. The van der Waals surface area contributed by atoms with Crippen LogP contribution in [0, 0.1) is 0 Å². The number of sulfone groups is 2. The monoisotopic (exact) mass is 812 g/mol. The fourth-order valence-electron chi connectivity index (χ4n) is 5.27. The molecule has 4 aromatic rings. The van der Waals surface area contributed by atoms with Crippen molar-refractivity contribution < 1.29 is 55.0 Å². The van der Waals surface area contributed by atoms with E-state index in [0.29, 0.717) is 36.2 Å². The van der Waals surface area contributed by atoms with E-state index >= 15 is 0 Å². The molecule has 0 atom stereocenters. The summed E-state index contributed by atoms with van der Waals surface area (Å²) in [6, 6.07) is 30.0. The number of para-hydroxylation sites is 4. The molecule has 0 saturated carbocycles. The van der Waals surface area contributed by atoms with Gasteiger partial charge in [0.25, 0.3) is 0 Å². The molecule has 14 nitrogen and oxygen atoms in total. The van der Waals surface area contributed by atoms with Crippen LogP contribution in [0.3, 0.4) is 0 Å². The smallest absolute Gasteiger partial charge is 0.438 e. The Kier molecular flexibility index (Phi) is 17.4. The van der Waals surface area contributed by atoms with Gasteiger partial charge >= 0.3 is 11.9 Å². The van der Waals surface area contributed by atoms with Crippen LogP contribution >= 0.6 is 0 Å². The summed E-state index contributed by atoms with van der Waals surface area (Å²) < 4.78 is 74.7. The van der Waals surface area contributed by atoms with E-state index in [-0.39, 0.29) is 73.5 Å². The van der Waals surface area contributed by atoms with Gasteiger partial charge in [-0.15, -0.1) is 10.1 Å². The Hall–Kier alpha value is -5.16. The highest BCUT2D eigenvalue weighted by molar-refractivity contribution is 7.91. The molecule has 0 bridgehead atoms. The number of hydroxylamine groups is 4. The molecule has 0 heterocycles. The number of benzene rings is 4. The standard InChI is InChI=1S/C40H48N2O12S2/c1-3-49-35-21-11-13-23-37(35)51-29-27-41(25-15-31-55(45,46)33-17-7-5-8-18-33)53-39(43)40(44)54-42(26-16-32-56(47,48)34-19-9-6-10-20-34)28-30-52-38-24-14-12-22-36(38)50-4-2/h5-14,17-24H,3-4,15-16,25-32H2,1-2H3. The molecule has 0 amide bonds. The first-order valence-corrected chi connectivity index (χ1v) is 21.5. The quantitative estimate of drug-likeness (QED) is 0.0671. The number of ether oxygens (including phenoxy) is 4. The van der Waals surface area contributed by atoms with Crippen molar-refractivity contribution in [2.24, 2.45) is 0 Å². The van der Waals surface area contributed by atoms with Crippen LogP contribution in [0.25, 0.3) is 0 Å². The van der Waals surface area contributed by atoms with Crippen molar-refractivity contribution in [2.45, 2.75) is 36.5 Å². The molecular weight excluding hydrogens is 765 g/mol. The second-order valence-corrected chi connectivity index (χ2v) is 16.3. The van der Waals surface area contributed by atoms with Gasteiger partial charge in [-0.3, -0.25) is 0 Å². The number of nitrogens with zero attached hydrogens (tertiary/aromatic N) is 2. The number of rotatable bonds is 24. The summed E-state index contributed by atoms with van der Waals surface area (Å²) in [4.78, 5) is 37.5. The number of hydrogen-bond donors (Lipinski definition) is 0. The van der Waals surface area contributed by atoms with Crippen molar-refractivity contribution in [1.29, 1.82) is 0 Å². The van der Waals surface area contributed by atoms with E-state index in [9.17, 15) is 26.4 Å². The van der Waals surface area contributed by atoms with Gasteiger partial charge in [0.05, 0.1) is 47.6 Å². The van der Waals surface area contributed by atoms with Crippen LogP contribution in [0.1, 0.15) is 26.7 Å². The van der Waals surface area contributed by atoms with Crippen LogP contribution in [-0.4, -0.2) is 103 Å².